The molecule has 3 N–H and O–H groups in total. The highest BCUT2D eigenvalue weighted by Crippen LogP contribution is 1.96. The lowest BCUT2D eigenvalue weighted by Crippen LogP contribution is -2.45. The number of nitrogens with two attached hydrogens (primary N) is 1. The van der Waals surface area contributed by atoms with Crippen molar-refractivity contribution < 1.29 is 12.8 Å². The van der Waals surface area contributed by atoms with Crippen LogP contribution >= 0.6 is 0 Å². The summed E-state index contributed by atoms with van der Waals surface area (Å²) in [6.45, 7) is 2.98. The van der Waals surface area contributed by atoms with Crippen molar-refractivity contribution in [2.24, 2.45) is 5.73 Å². The number of halogens is 1. The third-order valence-electron chi connectivity index (χ3n) is 1.29. The van der Waals surface area contributed by atoms with E-state index in [-0.39, 0.29) is 18.7 Å². The van der Waals surface area contributed by atoms with E-state index in [9.17, 15) is 12.8 Å². The zero-order valence-corrected chi connectivity index (χ0v) is 8.82. The maximum atomic E-state index is 11.7. The van der Waals surface area contributed by atoms with Gasteiger partial charge in [-0.05, 0) is 20.3 Å². The van der Waals surface area contributed by atoms with Gasteiger partial charge in [0.25, 0.3) is 0 Å². The van der Waals surface area contributed by atoms with Gasteiger partial charge in [-0.25, -0.2) is 13.1 Å². The van der Waals surface area contributed by atoms with E-state index in [1.807, 2.05) is 0 Å². The predicted octanol–water partition coefficient (Wildman–Crippen LogP) is 0.00270. The predicted molar refractivity (Wildman–Crippen MR) is 50.6 cm³/mol. The van der Waals surface area contributed by atoms with Crippen LogP contribution in [-0.4, -0.2) is 32.9 Å². The van der Waals surface area contributed by atoms with Crippen LogP contribution in [0.4, 0.5) is 4.39 Å². The molecule has 6 heteroatoms. The van der Waals surface area contributed by atoms with Crippen molar-refractivity contribution >= 4 is 10.0 Å². The lowest BCUT2D eigenvalue weighted by molar-refractivity contribution is 0.476. The second kappa shape index (κ2) is 4.88. The largest absolute Gasteiger partial charge is 0.324 e. The molecule has 80 valence electrons. The second-order valence-electron chi connectivity index (χ2n) is 3.67. The molecular weight excluding hydrogens is 195 g/mol. The zero-order valence-electron chi connectivity index (χ0n) is 8.01. The van der Waals surface area contributed by atoms with E-state index >= 15 is 0 Å². The van der Waals surface area contributed by atoms with Crippen molar-refractivity contribution in [3.63, 3.8) is 0 Å². The number of alkyl halides is 1. The van der Waals surface area contributed by atoms with Crippen LogP contribution < -0.4 is 10.5 Å². The molecule has 0 bridgehead atoms. The molecule has 0 aromatic carbocycles. The number of hydrogen-bond donors (Lipinski definition) is 2. The van der Waals surface area contributed by atoms with Crippen LogP contribution in [-0.2, 0) is 10.0 Å². The second-order valence-corrected chi connectivity index (χ2v) is 5.60. The molecule has 0 unspecified atom stereocenters. The third-order valence-corrected chi connectivity index (χ3v) is 2.70. The smallest absolute Gasteiger partial charge is 0.211 e. The summed E-state index contributed by atoms with van der Waals surface area (Å²) in [4.78, 5) is 0. The van der Waals surface area contributed by atoms with Crippen molar-refractivity contribution in [1.82, 2.24) is 4.72 Å². The lowest BCUT2D eigenvalue weighted by atomic mass is 10.1. The minimum atomic E-state index is -3.35. The minimum absolute atomic E-state index is 0.0281. The molecule has 0 heterocycles. The topological polar surface area (TPSA) is 72.2 Å². The molecule has 0 atom stereocenters. The summed E-state index contributed by atoms with van der Waals surface area (Å²) in [5.74, 6) is -0.181. The molecule has 0 aliphatic carbocycles. The molecule has 0 spiro atoms. The van der Waals surface area contributed by atoms with Gasteiger partial charge >= 0.3 is 0 Å². The number of nitrogens with one attached hydrogen (secondary N) is 1. The van der Waals surface area contributed by atoms with Gasteiger partial charge in [0.2, 0.25) is 10.0 Å². The fraction of sp³-hybridized carbons (Fsp3) is 1.00. The van der Waals surface area contributed by atoms with Crippen molar-refractivity contribution in [2.45, 2.75) is 25.8 Å². The molecule has 0 saturated heterocycles. The van der Waals surface area contributed by atoms with Crippen LogP contribution in [0.15, 0.2) is 0 Å². The van der Waals surface area contributed by atoms with Crippen molar-refractivity contribution in [3.8, 4) is 0 Å². The Labute approximate surface area is 78.7 Å². The molecule has 0 saturated carbocycles. The highest BCUT2D eigenvalue weighted by molar-refractivity contribution is 7.89. The highest BCUT2D eigenvalue weighted by atomic mass is 32.2. The van der Waals surface area contributed by atoms with Gasteiger partial charge in [0.05, 0.1) is 12.4 Å². The normalized spacial score (nSPS) is 13.2. The Bertz CT molecular complexity index is 233. The quantitative estimate of drug-likeness (QED) is 0.651. The number of rotatable bonds is 6. The number of hydrogen-bond acceptors (Lipinski definition) is 3. The monoisotopic (exact) mass is 212 g/mol. The van der Waals surface area contributed by atoms with E-state index < -0.39 is 22.2 Å². The Kier molecular flexibility index (Phi) is 4.80. The Morgan fingerprint density at radius 1 is 1.46 bits per heavy atom. The van der Waals surface area contributed by atoms with Gasteiger partial charge in [0, 0.05) is 12.1 Å². The summed E-state index contributed by atoms with van der Waals surface area (Å²) in [5, 5.41) is 0. The van der Waals surface area contributed by atoms with E-state index in [1.165, 1.54) is 0 Å². The summed E-state index contributed by atoms with van der Waals surface area (Å²) in [7, 11) is -3.35. The summed E-state index contributed by atoms with van der Waals surface area (Å²) in [5.41, 5.74) is 4.99. The van der Waals surface area contributed by atoms with Crippen molar-refractivity contribution in [1.29, 1.82) is 0 Å². The van der Waals surface area contributed by atoms with E-state index in [4.69, 9.17) is 5.73 Å². The Morgan fingerprint density at radius 2 is 2.00 bits per heavy atom. The first kappa shape index (κ1) is 12.8. The van der Waals surface area contributed by atoms with Crippen LogP contribution in [0.1, 0.15) is 20.3 Å². The van der Waals surface area contributed by atoms with Crippen LogP contribution in [0.3, 0.4) is 0 Å². The summed E-state index contributed by atoms with van der Waals surface area (Å²) in [6.07, 6.45) is 0.0281. The fourth-order valence-electron chi connectivity index (χ4n) is 0.613. The Morgan fingerprint density at radius 3 is 2.38 bits per heavy atom. The molecule has 0 rings (SSSR count). The molecule has 0 aliphatic heterocycles. The average Bonchev–Trinajstić information content (AvgIpc) is 1.97. The molecule has 4 nitrogen and oxygen atoms in total. The summed E-state index contributed by atoms with van der Waals surface area (Å²) >= 11 is 0. The minimum Gasteiger partial charge on any atom is -0.324 e. The average molecular weight is 212 g/mol. The molecule has 0 aromatic heterocycles. The maximum Gasteiger partial charge on any atom is 0.211 e. The first-order valence-electron chi connectivity index (χ1n) is 4.09. The van der Waals surface area contributed by atoms with E-state index in [2.05, 4.69) is 4.72 Å². The van der Waals surface area contributed by atoms with Gasteiger partial charge in [-0.3, -0.25) is 4.39 Å². The SMILES string of the molecule is CC(C)(N)CNS(=O)(=O)CCCF. The van der Waals surface area contributed by atoms with Gasteiger partial charge in [-0.15, -0.1) is 0 Å². The molecule has 0 amide bonds. The molecule has 0 radical (unpaired) electrons. The highest BCUT2D eigenvalue weighted by Gasteiger charge is 2.15. The molecule has 0 aromatic rings. The molecular formula is C7H17FN2O2S. The standard InChI is InChI=1S/C7H17FN2O2S/c1-7(2,9)6-10-13(11,12)5-3-4-8/h10H,3-6,9H2,1-2H3. The van der Waals surface area contributed by atoms with Gasteiger partial charge in [-0.1, -0.05) is 0 Å². The van der Waals surface area contributed by atoms with Gasteiger partial charge in [0.1, 0.15) is 0 Å². The van der Waals surface area contributed by atoms with Gasteiger partial charge in [0.15, 0.2) is 0 Å². The van der Waals surface area contributed by atoms with Crippen LogP contribution in [0, 0.1) is 0 Å². The first-order chi connectivity index (χ1) is 5.77. The molecule has 0 aliphatic rings. The Balaban J connectivity index is 3.91. The van der Waals surface area contributed by atoms with Crippen LogP contribution in [0.5, 0.6) is 0 Å². The van der Waals surface area contributed by atoms with Gasteiger partial charge in [-0.2, -0.15) is 0 Å². The van der Waals surface area contributed by atoms with Crippen molar-refractivity contribution in [2.75, 3.05) is 19.0 Å². The van der Waals surface area contributed by atoms with E-state index in [0.29, 0.717) is 0 Å². The molecule has 0 fully saturated rings. The first-order valence-corrected chi connectivity index (χ1v) is 5.74. The van der Waals surface area contributed by atoms with Crippen LogP contribution in [0.2, 0.25) is 0 Å². The fourth-order valence-corrected chi connectivity index (χ4v) is 1.84. The third kappa shape index (κ3) is 8.14. The maximum absolute atomic E-state index is 11.7. The van der Waals surface area contributed by atoms with E-state index in [1.54, 1.807) is 13.8 Å². The van der Waals surface area contributed by atoms with Gasteiger partial charge < -0.3 is 5.73 Å². The van der Waals surface area contributed by atoms with Crippen molar-refractivity contribution in [3.05, 3.63) is 0 Å². The van der Waals surface area contributed by atoms with E-state index in [0.717, 1.165) is 0 Å². The summed E-state index contributed by atoms with van der Waals surface area (Å²) < 4.78 is 36.2. The Hall–Kier alpha value is -0.200. The summed E-state index contributed by atoms with van der Waals surface area (Å²) in [6, 6.07) is 0. The number of sulfonamides is 1. The zero-order chi connectivity index (χ0) is 10.5. The molecule has 13 heavy (non-hydrogen) atoms. The van der Waals surface area contributed by atoms with Crippen LogP contribution in [0.25, 0.3) is 0 Å². The lowest BCUT2D eigenvalue weighted by Gasteiger charge is -2.18.